The fraction of sp³-hybridized carbons (Fsp3) is 0.0833. The molecule has 0 spiro atoms. The second kappa shape index (κ2) is 9.65. The van der Waals surface area contributed by atoms with Crippen molar-refractivity contribution in [2.75, 3.05) is 0 Å². The molecule has 0 radical (unpaired) electrons. The number of carbonyl (C=O) groups excluding carboxylic acids is 2. The summed E-state index contributed by atoms with van der Waals surface area (Å²) < 4.78 is 20.8. The summed E-state index contributed by atoms with van der Waals surface area (Å²) in [4.78, 5) is 26.9. The summed E-state index contributed by atoms with van der Waals surface area (Å²) in [5, 5.41) is -0.306. The maximum Gasteiger partial charge on any atom is 0.293 e. The van der Waals surface area contributed by atoms with Crippen LogP contribution in [-0.2, 0) is 17.9 Å². The second-order valence-corrected chi connectivity index (χ2v) is 9.05. The van der Waals surface area contributed by atoms with E-state index >= 15 is 0 Å². The minimum absolute atomic E-state index is 0.0613. The lowest BCUT2D eigenvalue weighted by molar-refractivity contribution is -0.123. The van der Waals surface area contributed by atoms with Gasteiger partial charge in [-0.25, -0.2) is 4.39 Å². The number of halogens is 2. The Bertz CT molecular complexity index is 1160. The number of thioether (sulfide) groups is 1. The van der Waals surface area contributed by atoms with Gasteiger partial charge in [0.25, 0.3) is 11.1 Å². The highest BCUT2D eigenvalue weighted by molar-refractivity contribution is 14.1. The molecule has 4 nitrogen and oxygen atoms in total. The molecule has 1 aliphatic rings. The Kier molecular flexibility index (Phi) is 6.72. The van der Waals surface area contributed by atoms with Crippen molar-refractivity contribution in [3.8, 4) is 5.75 Å². The zero-order valence-electron chi connectivity index (χ0n) is 16.3. The van der Waals surface area contributed by atoms with Gasteiger partial charge >= 0.3 is 0 Å². The molecule has 3 aromatic carbocycles. The Morgan fingerprint density at radius 1 is 0.968 bits per heavy atom. The van der Waals surface area contributed by atoms with E-state index in [1.54, 1.807) is 42.5 Å². The molecule has 1 saturated heterocycles. The van der Waals surface area contributed by atoms with E-state index < -0.39 is 0 Å². The van der Waals surface area contributed by atoms with Gasteiger partial charge in [-0.15, -0.1) is 0 Å². The molecule has 31 heavy (non-hydrogen) atoms. The number of ether oxygens (including phenoxy) is 1. The summed E-state index contributed by atoms with van der Waals surface area (Å²) in [6.07, 6.45) is 1.65. The smallest absolute Gasteiger partial charge is 0.293 e. The normalized spacial score (nSPS) is 15.0. The zero-order valence-corrected chi connectivity index (χ0v) is 19.2. The first kappa shape index (κ1) is 21.6. The predicted molar refractivity (Wildman–Crippen MR) is 128 cm³/mol. The van der Waals surface area contributed by atoms with Crippen molar-refractivity contribution in [3.05, 3.63) is 104 Å². The third-order valence-electron chi connectivity index (χ3n) is 4.67. The third kappa shape index (κ3) is 5.16. The van der Waals surface area contributed by atoms with E-state index in [1.807, 2.05) is 30.3 Å². The standard InChI is InChI=1S/C24H17FINO3S/c25-20-7-3-1-6-18(20)15-30-21-8-4-2-5-17(21)13-22-23(28)27(24(29)31-22)14-16-9-11-19(26)12-10-16/h1-13H,14-15H2/b22-13+. The summed E-state index contributed by atoms with van der Waals surface area (Å²) in [5.74, 6) is -0.163. The molecule has 3 aromatic rings. The third-order valence-corrected chi connectivity index (χ3v) is 6.30. The summed E-state index contributed by atoms with van der Waals surface area (Å²) >= 11 is 3.11. The minimum Gasteiger partial charge on any atom is -0.488 e. The van der Waals surface area contributed by atoms with Crippen LogP contribution < -0.4 is 4.74 Å². The number of rotatable bonds is 6. The van der Waals surface area contributed by atoms with Crippen molar-refractivity contribution in [2.24, 2.45) is 0 Å². The fourth-order valence-electron chi connectivity index (χ4n) is 3.05. The molecule has 1 heterocycles. The van der Waals surface area contributed by atoms with E-state index in [1.165, 1.54) is 11.0 Å². The number of amides is 2. The number of hydrogen-bond acceptors (Lipinski definition) is 4. The Hall–Kier alpha value is -2.65. The second-order valence-electron chi connectivity index (χ2n) is 6.81. The van der Waals surface area contributed by atoms with Crippen molar-refractivity contribution in [1.29, 1.82) is 0 Å². The molecule has 2 amide bonds. The molecule has 0 bridgehead atoms. The van der Waals surface area contributed by atoms with Gasteiger partial charge in [-0.3, -0.25) is 14.5 Å². The minimum atomic E-state index is -0.336. The highest BCUT2D eigenvalue weighted by Crippen LogP contribution is 2.35. The van der Waals surface area contributed by atoms with Gasteiger partial charge in [-0.05, 0) is 70.3 Å². The van der Waals surface area contributed by atoms with E-state index in [2.05, 4.69) is 22.6 Å². The molecule has 0 aromatic heterocycles. The first-order chi connectivity index (χ1) is 15.0. The SMILES string of the molecule is O=C1S/C(=C/c2ccccc2OCc2ccccc2F)C(=O)N1Cc1ccc(I)cc1. The molecule has 0 saturated carbocycles. The molecule has 0 aliphatic carbocycles. The van der Waals surface area contributed by atoms with Gasteiger partial charge in [-0.1, -0.05) is 48.5 Å². The van der Waals surface area contributed by atoms with Crippen LogP contribution in [0.15, 0.2) is 77.7 Å². The molecule has 1 aliphatic heterocycles. The summed E-state index contributed by atoms with van der Waals surface area (Å²) in [6.45, 7) is 0.288. The zero-order chi connectivity index (χ0) is 21.8. The van der Waals surface area contributed by atoms with E-state index in [9.17, 15) is 14.0 Å². The summed E-state index contributed by atoms with van der Waals surface area (Å²) in [7, 11) is 0. The van der Waals surface area contributed by atoms with Crippen LogP contribution >= 0.6 is 34.4 Å². The number of imide groups is 1. The Morgan fingerprint density at radius 2 is 1.68 bits per heavy atom. The number of carbonyl (C=O) groups is 2. The van der Waals surface area contributed by atoms with Gasteiger partial charge < -0.3 is 4.74 Å². The van der Waals surface area contributed by atoms with Crippen LogP contribution in [0.3, 0.4) is 0 Å². The average Bonchev–Trinajstić information content (AvgIpc) is 3.03. The molecule has 156 valence electrons. The largest absolute Gasteiger partial charge is 0.488 e. The Labute approximate surface area is 197 Å². The van der Waals surface area contributed by atoms with Gasteiger partial charge in [0.15, 0.2) is 0 Å². The average molecular weight is 545 g/mol. The first-order valence-corrected chi connectivity index (χ1v) is 11.4. The van der Waals surface area contributed by atoms with Crippen LogP contribution in [0, 0.1) is 9.39 Å². The van der Waals surface area contributed by atoms with Gasteiger partial charge in [-0.2, -0.15) is 0 Å². The molecule has 4 rings (SSSR count). The van der Waals surface area contributed by atoms with Crippen LogP contribution in [-0.4, -0.2) is 16.0 Å². The maximum absolute atomic E-state index is 13.9. The lowest BCUT2D eigenvalue weighted by Gasteiger charge is -2.12. The van der Waals surface area contributed by atoms with E-state index in [-0.39, 0.29) is 30.1 Å². The highest BCUT2D eigenvalue weighted by Gasteiger charge is 2.35. The number of hydrogen-bond donors (Lipinski definition) is 0. The lowest BCUT2D eigenvalue weighted by Crippen LogP contribution is -2.27. The van der Waals surface area contributed by atoms with Crippen LogP contribution in [0.5, 0.6) is 5.75 Å². The van der Waals surface area contributed by atoms with Crippen LogP contribution in [0.2, 0.25) is 0 Å². The number of para-hydroxylation sites is 1. The van der Waals surface area contributed by atoms with E-state index in [0.717, 1.165) is 20.9 Å². The number of nitrogens with zero attached hydrogens (tertiary/aromatic N) is 1. The summed E-state index contributed by atoms with van der Waals surface area (Å²) in [5.41, 5.74) is 1.98. The molecular formula is C24H17FINO3S. The molecule has 7 heteroatoms. The number of benzene rings is 3. The molecular weight excluding hydrogens is 528 g/mol. The molecule has 1 fully saturated rings. The van der Waals surface area contributed by atoms with Crippen molar-refractivity contribution in [3.63, 3.8) is 0 Å². The van der Waals surface area contributed by atoms with Crippen LogP contribution in [0.25, 0.3) is 6.08 Å². The van der Waals surface area contributed by atoms with Gasteiger partial charge in [0, 0.05) is 14.7 Å². The Balaban J connectivity index is 1.52. The molecule has 0 N–H and O–H groups in total. The highest BCUT2D eigenvalue weighted by atomic mass is 127. The van der Waals surface area contributed by atoms with Gasteiger partial charge in [0.1, 0.15) is 18.2 Å². The quantitative estimate of drug-likeness (QED) is 0.272. The van der Waals surface area contributed by atoms with E-state index in [4.69, 9.17) is 4.74 Å². The lowest BCUT2D eigenvalue weighted by atomic mass is 10.1. The van der Waals surface area contributed by atoms with Crippen molar-refractivity contribution in [2.45, 2.75) is 13.2 Å². The fourth-order valence-corrected chi connectivity index (χ4v) is 4.24. The summed E-state index contributed by atoms with van der Waals surface area (Å²) in [6, 6.07) is 21.3. The first-order valence-electron chi connectivity index (χ1n) is 9.46. The Morgan fingerprint density at radius 3 is 2.45 bits per heavy atom. The molecule has 0 atom stereocenters. The van der Waals surface area contributed by atoms with Gasteiger partial charge in [0.2, 0.25) is 0 Å². The maximum atomic E-state index is 13.9. The van der Waals surface area contributed by atoms with Crippen molar-refractivity contribution in [1.82, 2.24) is 4.90 Å². The molecule has 0 unspecified atom stereocenters. The van der Waals surface area contributed by atoms with Crippen molar-refractivity contribution >= 4 is 51.6 Å². The predicted octanol–water partition coefficient (Wildman–Crippen LogP) is 6.25. The topological polar surface area (TPSA) is 46.6 Å². The van der Waals surface area contributed by atoms with Crippen LogP contribution in [0.4, 0.5) is 9.18 Å². The van der Waals surface area contributed by atoms with Gasteiger partial charge in [0.05, 0.1) is 11.4 Å². The van der Waals surface area contributed by atoms with Crippen LogP contribution in [0.1, 0.15) is 16.7 Å². The van der Waals surface area contributed by atoms with Crippen molar-refractivity contribution < 1.29 is 18.7 Å². The monoisotopic (exact) mass is 545 g/mol. The van der Waals surface area contributed by atoms with E-state index in [0.29, 0.717) is 21.8 Å².